The first-order chi connectivity index (χ1) is 8.83. The van der Waals surface area contributed by atoms with Crippen molar-refractivity contribution in [3.8, 4) is 0 Å². The monoisotopic (exact) mass is 240 g/mol. The number of aromatic nitrogens is 3. The first-order valence-corrected chi connectivity index (χ1v) is 5.86. The van der Waals surface area contributed by atoms with E-state index in [4.69, 9.17) is 0 Å². The van der Waals surface area contributed by atoms with Gasteiger partial charge in [0.2, 0.25) is 0 Å². The first kappa shape index (κ1) is 10.8. The van der Waals surface area contributed by atoms with Crippen molar-refractivity contribution in [3.63, 3.8) is 0 Å². The van der Waals surface area contributed by atoms with Crippen molar-refractivity contribution in [3.05, 3.63) is 48.2 Å². The Bertz CT molecular complexity index is 566. The highest BCUT2D eigenvalue weighted by atomic mass is 16.1. The van der Waals surface area contributed by atoms with Gasteiger partial charge in [-0.2, -0.15) is 0 Å². The second kappa shape index (κ2) is 4.52. The van der Waals surface area contributed by atoms with E-state index in [0.717, 1.165) is 0 Å². The van der Waals surface area contributed by atoms with Gasteiger partial charge in [-0.3, -0.25) is 4.79 Å². The third-order valence-electron chi connectivity index (χ3n) is 2.89. The van der Waals surface area contributed by atoms with Gasteiger partial charge < -0.3 is 5.32 Å². The predicted octanol–water partition coefficient (Wildman–Crippen LogP) is 2.00. The number of anilines is 1. The van der Waals surface area contributed by atoms with Crippen molar-refractivity contribution in [1.82, 2.24) is 15.0 Å². The number of pyridine rings is 1. The summed E-state index contributed by atoms with van der Waals surface area (Å²) in [5.74, 6) is 0.948. The van der Waals surface area contributed by atoms with Crippen molar-refractivity contribution >= 4 is 11.7 Å². The number of carbonyl (C=O) groups is 1. The standard InChI is InChI=1S/C13H12N4O/c18-13(11-4-5-14-8-16-11)17-12-7-10(3-6-15-12)9-1-2-9/h3-9H,1-2H2,(H,15,17,18). The zero-order chi connectivity index (χ0) is 12.4. The van der Waals surface area contributed by atoms with Crippen molar-refractivity contribution in [1.29, 1.82) is 0 Å². The zero-order valence-electron chi connectivity index (χ0n) is 9.71. The molecule has 5 heteroatoms. The summed E-state index contributed by atoms with van der Waals surface area (Å²) >= 11 is 0. The fourth-order valence-electron chi connectivity index (χ4n) is 1.79. The molecule has 90 valence electrons. The van der Waals surface area contributed by atoms with Crippen LogP contribution in [0, 0.1) is 0 Å². The molecule has 1 aliphatic carbocycles. The van der Waals surface area contributed by atoms with Gasteiger partial charge in [0, 0.05) is 12.4 Å². The third kappa shape index (κ3) is 2.34. The van der Waals surface area contributed by atoms with Gasteiger partial charge in [0.25, 0.3) is 5.91 Å². The van der Waals surface area contributed by atoms with Gasteiger partial charge in [-0.25, -0.2) is 15.0 Å². The molecule has 1 amide bonds. The summed E-state index contributed by atoms with van der Waals surface area (Å²) in [5, 5.41) is 2.74. The molecule has 2 aromatic heterocycles. The molecule has 1 N–H and O–H groups in total. The lowest BCUT2D eigenvalue weighted by molar-refractivity contribution is 0.102. The predicted molar refractivity (Wildman–Crippen MR) is 66.2 cm³/mol. The van der Waals surface area contributed by atoms with E-state index in [1.807, 2.05) is 12.1 Å². The lowest BCUT2D eigenvalue weighted by atomic mass is 10.2. The topological polar surface area (TPSA) is 67.8 Å². The fourth-order valence-corrected chi connectivity index (χ4v) is 1.79. The Kier molecular flexibility index (Phi) is 2.72. The van der Waals surface area contributed by atoms with Gasteiger partial charge >= 0.3 is 0 Å². The summed E-state index contributed by atoms with van der Waals surface area (Å²) in [7, 11) is 0. The maximum absolute atomic E-state index is 11.9. The van der Waals surface area contributed by atoms with Crippen LogP contribution in [0.4, 0.5) is 5.82 Å². The third-order valence-corrected chi connectivity index (χ3v) is 2.89. The second-order valence-corrected chi connectivity index (χ2v) is 4.30. The van der Waals surface area contributed by atoms with Gasteiger partial charge in [-0.05, 0) is 42.5 Å². The normalized spacial score (nSPS) is 14.2. The average Bonchev–Trinajstić information content (AvgIpc) is 3.24. The van der Waals surface area contributed by atoms with E-state index in [1.165, 1.54) is 30.9 Å². The van der Waals surface area contributed by atoms with Gasteiger partial charge in [0.1, 0.15) is 17.8 Å². The van der Waals surface area contributed by atoms with Crippen LogP contribution in [0.15, 0.2) is 36.9 Å². The van der Waals surface area contributed by atoms with Crippen LogP contribution in [0.5, 0.6) is 0 Å². The van der Waals surface area contributed by atoms with E-state index >= 15 is 0 Å². The summed E-state index contributed by atoms with van der Waals surface area (Å²) in [6, 6.07) is 5.49. The number of nitrogens with zero attached hydrogens (tertiary/aromatic N) is 3. The summed E-state index contributed by atoms with van der Waals surface area (Å²) in [4.78, 5) is 23.7. The van der Waals surface area contributed by atoms with Crippen LogP contribution in [0.25, 0.3) is 0 Å². The van der Waals surface area contributed by atoms with Gasteiger partial charge in [-0.1, -0.05) is 0 Å². The zero-order valence-corrected chi connectivity index (χ0v) is 9.71. The molecular formula is C13H12N4O. The second-order valence-electron chi connectivity index (χ2n) is 4.30. The summed E-state index contributed by atoms with van der Waals surface area (Å²) in [6.07, 6.45) is 7.06. The van der Waals surface area contributed by atoms with Crippen molar-refractivity contribution in [2.24, 2.45) is 0 Å². The smallest absolute Gasteiger partial charge is 0.275 e. The Morgan fingerprint density at radius 3 is 2.83 bits per heavy atom. The van der Waals surface area contributed by atoms with E-state index in [1.54, 1.807) is 12.3 Å². The molecular weight excluding hydrogens is 228 g/mol. The van der Waals surface area contributed by atoms with Crippen LogP contribution in [-0.4, -0.2) is 20.9 Å². The van der Waals surface area contributed by atoms with E-state index in [-0.39, 0.29) is 5.91 Å². The molecule has 0 spiro atoms. The quantitative estimate of drug-likeness (QED) is 0.891. The van der Waals surface area contributed by atoms with E-state index in [0.29, 0.717) is 17.4 Å². The number of amides is 1. The number of nitrogens with one attached hydrogen (secondary N) is 1. The molecule has 2 aromatic rings. The molecule has 1 saturated carbocycles. The lowest BCUT2D eigenvalue weighted by Crippen LogP contribution is -2.14. The molecule has 5 nitrogen and oxygen atoms in total. The number of carbonyl (C=O) groups excluding carboxylic acids is 1. The highest BCUT2D eigenvalue weighted by Crippen LogP contribution is 2.40. The SMILES string of the molecule is O=C(Nc1cc(C2CC2)ccn1)c1ccncn1. The van der Waals surface area contributed by atoms with Crippen LogP contribution in [0.1, 0.15) is 34.8 Å². The van der Waals surface area contributed by atoms with E-state index in [9.17, 15) is 4.79 Å². The first-order valence-electron chi connectivity index (χ1n) is 5.86. The minimum Gasteiger partial charge on any atom is -0.305 e. The fraction of sp³-hybridized carbons (Fsp3) is 0.231. The molecule has 0 aromatic carbocycles. The number of hydrogen-bond acceptors (Lipinski definition) is 4. The summed E-state index contributed by atoms with van der Waals surface area (Å²) in [5.41, 5.74) is 1.58. The Labute approximate surface area is 104 Å². The maximum Gasteiger partial charge on any atom is 0.275 e. The molecule has 1 aliphatic rings. The Hall–Kier alpha value is -2.30. The van der Waals surface area contributed by atoms with E-state index < -0.39 is 0 Å². The molecule has 0 aliphatic heterocycles. The number of rotatable bonds is 3. The Morgan fingerprint density at radius 2 is 2.11 bits per heavy atom. The highest BCUT2D eigenvalue weighted by molar-refractivity contribution is 6.02. The molecule has 1 fully saturated rings. The lowest BCUT2D eigenvalue weighted by Gasteiger charge is -2.05. The number of hydrogen-bond donors (Lipinski definition) is 1. The van der Waals surface area contributed by atoms with Crippen LogP contribution in [0.2, 0.25) is 0 Å². The highest BCUT2D eigenvalue weighted by Gasteiger charge is 2.23. The van der Waals surface area contributed by atoms with Crippen LogP contribution in [-0.2, 0) is 0 Å². The average molecular weight is 240 g/mol. The molecule has 2 heterocycles. The molecule has 0 bridgehead atoms. The van der Waals surface area contributed by atoms with Crippen molar-refractivity contribution < 1.29 is 4.79 Å². The minimum atomic E-state index is -0.266. The molecule has 0 atom stereocenters. The summed E-state index contributed by atoms with van der Waals surface area (Å²) < 4.78 is 0. The Balaban J connectivity index is 1.76. The largest absolute Gasteiger partial charge is 0.305 e. The van der Waals surface area contributed by atoms with Gasteiger partial charge in [-0.15, -0.1) is 0 Å². The Morgan fingerprint density at radius 1 is 1.22 bits per heavy atom. The van der Waals surface area contributed by atoms with Gasteiger partial charge in [0.15, 0.2) is 0 Å². The molecule has 0 radical (unpaired) electrons. The van der Waals surface area contributed by atoms with Crippen molar-refractivity contribution in [2.45, 2.75) is 18.8 Å². The molecule has 3 rings (SSSR count). The van der Waals surface area contributed by atoms with E-state index in [2.05, 4.69) is 20.3 Å². The van der Waals surface area contributed by atoms with Crippen LogP contribution < -0.4 is 5.32 Å². The van der Waals surface area contributed by atoms with Crippen molar-refractivity contribution in [2.75, 3.05) is 5.32 Å². The maximum atomic E-state index is 11.9. The minimum absolute atomic E-state index is 0.266. The molecule has 18 heavy (non-hydrogen) atoms. The molecule has 0 saturated heterocycles. The van der Waals surface area contributed by atoms with Crippen LogP contribution in [0.3, 0.4) is 0 Å². The molecule has 0 unspecified atom stereocenters. The van der Waals surface area contributed by atoms with Crippen LogP contribution >= 0.6 is 0 Å². The summed E-state index contributed by atoms with van der Waals surface area (Å²) in [6.45, 7) is 0. The van der Waals surface area contributed by atoms with Gasteiger partial charge in [0.05, 0.1) is 0 Å².